The van der Waals surface area contributed by atoms with Crippen LogP contribution >= 0.6 is 0 Å². The van der Waals surface area contributed by atoms with Gasteiger partial charge in [0.2, 0.25) is 5.95 Å². The second-order valence-electron chi connectivity index (χ2n) is 6.75. The molecule has 0 bridgehead atoms. The molecule has 1 N–H and O–H groups in total. The number of aromatic nitrogens is 3. The van der Waals surface area contributed by atoms with Gasteiger partial charge in [0.05, 0.1) is 0 Å². The lowest BCUT2D eigenvalue weighted by Crippen LogP contribution is -2.30. The lowest BCUT2D eigenvalue weighted by atomic mass is 10.1. The Hall–Kier alpha value is -3.16. The van der Waals surface area contributed by atoms with E-state index in [0.717, 1.165) is 29.7 Å². The number of amides is 1. The van der Waals surface area contributed by atoms with Gasteiger partial charge in [0.25, 0.3) is 5.91 Å². The van der Waals surface area contributed by atoms with Gasteiger partial charge in [-0.15, -0.1) is 5.10 Å². The molecule has 0 aliphatic rings. The van der Waals surface area contributed by atoms with Gasteiger partial charge < -0.3 is 9.15 Å². The Balaban J connectivity index is 1.74. The van der Waals surface area contributed by atoms with Crippen molar-refractivity contribution in [3.63, 3.8) is 0 Å². The zero-order valence-electron chi connectivity index (χ0n) is 16.7. The van der Waals surface area contributed by atoms with Crippen molar-refractivity contribution in [2.75, 3.05) is 5.32 Å². The van der Waals surface area contributed by atoms with Gasteiger partial charge in [-0.3, -0.25) is 10.1 Å². The number of aryl methyl sites for hydroxylation is 3. The minimum Gasteiger partial charge on any atom is -0.481 e. The highest BCUT2D eigenvalue weighted by Gasteiger charge is 2.18. The highest BCUT2D eigenvalue weighted by Crippen LogP contribution is 2.24. The SMILES string of the molecule is CCCn1nc(NC(=O)C(C)Oc2ccc3c(C)c(C)c(=O)oc3c2)nc1C. The van der Waals surface area contributed by atoms with Gasteiger partial charge in [-0.05, 0) is 51.8 Å². The van der Waals surface area contributed by atoms with E-state index < -0.39 is 6.10 Å². The molecule has 2 heterocycles. The van der Waals surface area contributed by atoms with E-state index >= 15 is 0 Å². The molecule has 0 saturated heterocycles. The van der Waals surface area contributed by atoms with Gasteiger partial charge in [-0.25, -0.2) is 9.48 Å². The van der Waals surface area contributed by atoms with E-state index in [-0.39, 0.29) is 17.5 Å². The Labute approximate surface area is 162 Å². The molecule has 3 rings (SSSR count). The van der Waals surface area contributed by atoms with Crippen LogP contribution in [0.15, 0.2) is 27.4 Å². The summed E-state index contributed by atoms with van der Waals surface area (Å²) < 4.78 is 12.8. The Morgan fingerprint density at radius 2 is 2.04 bits per heavy atom. The number of hydrogen-bond donors (Lipinski definition) is 1. The summed E-state index contributed by atoms with van der Waals surface area (Å²) in [7, 11) is 0. The number of hydrogen-bond acceptors (Lipinski definition) is 6. The van der Waals surface area contributed by atoms with Crippen molar-refractivity contribution in [1.29, 1.82) is 0 Å². The van der Waals surface area contributed by atoms with E-state index in [2.05, 4.69) is 15.4 Å². The number of ether oxygens (including phenoxy) is 1. The summed E-state index contributed by atoms with van der Waals surface area (Å²) in [5.41, 5.74) is 1.50. The third-order valence-corrected chi connectivity index (χ3v) is 4.64. The van der Waals surface area contributed by atoms with Gasteiger partial charge in [0.1, 0.15) is 17.2 Å². The molecular formula is C20H24N4O4. The fraction of sp³-hybridized carbons (Fsp3) is 0.400. The first-order valence-corrected chi connectivity index (χ1v) is 9.23. The molecule has 2 aromatic heterocycles. The highest BCUT2D eigenvalue weighted by atomic mass is 16.5. The lowest BCUT2D eigenvalue weighted by molar-refractivity contribution is -0.122. The largest absolute Gasteiger partial charge is 0.481 e. The summed E-state index contributed by atoms with van der Waals surface area (Å²) >= 11 is 0. The molecule has 8 nitrogen and oxygen atoms in total. The van der Waals surface area contributed by atoms with Crippen LogP contribution in [0.3, 0.4) is 0 Å². The summed E-state index contributed by atoms with van der Waals surface area (Å²) in [4.78, 5) is 28.5. The van der Waals surface area contributed by atoms with Gasteiger partial charge in [0.15, 0.2) is 6.10 Å². The average molecular weight is 384 g/mol. The third-order valence-electron chi connectivity index (χ3n) is 4.64. The van der Waals surface area contributed by atoms with Gasteiger partial charge >= 0.3 is 5.63 Å². The standard InChI is InChI=1S/C20H24N4O4/c1-6-9-24-14(5)21-20(23-24)22-18(25)13(4)27-15-7-8-16-11(2)12(3)19(26)28-17(16)10-15/h7-8,10,13H,6,9H2,1-5H3,(H,22,23,25). The van der Waals surface area contributed by atoms with Crippen molar-refractivity contribution in [2.24, 2.45) is 0 Å². The molecule has 28 heavy (non-hydrogen) atoms. The number of fused-ring (bicyclic) bond motifs is 1. The molecule has 0 spiro atoms. The van der Waals surface area contributed by atoms with Crippen molar-refractivity contribution in [3.8, 4) is 5.75 Å². The van der Waals surface area contributed by atoms with Crippen LogP contribution in [0, 0.1) is 20.8 Å². The summed E-state index contributed by atoms with van der Waals surface area (Å²) in [6.45, 7) is 9.86. The van der Waals surface area contributed by atoms with Crippen LogP contribution in [0.5, 0.6) is 5.75 Å². The second kappa shape index (κ2) is 7.84. The molecule has 8 heteroatoms. The maximum atomic E-state index is 12.4. The van der Waals surface area contributed by atoms with Gasteiger partial charge in [-0.1, -0.05) is 6.92 Å². The number of anilines is 1. The highest BCUT2D eigenvalue weighted by molar-refractivity contribution is 5.92. The number of carbonyl (C=O) groups excluding carboxylic acids is 1. The molecule has 1 atom stereocenters. The van der Waals surface area contributed by atoms with E-state index in [1.807, 2.05) is 26.8 Å². The Kier molecular flexibility index (Phi) is 5.48. The normalized spacial score (nSPS) is 12.2. The van der Waals surface area contributed by atoms with E-state index in [9.17, 15) is 9.59 Å². The molecule has 0 aliphatic heterocycles. The van der Waals surface area contributed by atoms with Crippen LogP contribution in [0.1, 0.15) is 37.2 Å². The van der Waals surface area contributed by atoms with E-state index in [4.69, 9.17) is 9.15 Å². The fourth-order valence-electron chi connectivity index (χ4n) is 2.87. The maximum Gasteiger partial charge on any atom is 0.339 e. The molecule has 0 fully saturated rings. The molecule has 0 saturated carbocycles. The number of nitrogens with one attached hydrogen (secondary N) is 1. The molecular weight excluding hydrogens is 360 g/mol. The van der Waals surface area contributed by atoms with Gasteiger partial charge in [-0.2, -0.15) is 4.98 Å². The number of nitrogens with zero attached hydrogens (tertiary/aromatic N) is 3. The predicted octanol–water partition coefficient (Wildman–Crippen LogP) is 3.13. The van der Waals surface area contributed by atoms with Crippen molar-refractivity contribution in [3.05, 3.63) is 45.6 Å². The number of rotatable bonds is 6. The number of benzene rings is 1. The maximum absolute atomic E-state index is 12.4. The van der Waals surface area contributed by atoms with Crippen LogP contribution in [0.25, 0.3) is 11.0 Å². The zero-order chi connectivity index (χ0) is 20.4. The van der Waals surface area contributed by atoms with E-state index in [1.54, 1.807) is 30.7 Å². The van der Waals surface area contributed by atoms with Crippen LogP contribution in [-0.4, -0.2) is 26.8 Å². The van der Waals surface area contributed by atoms with Crippen molar-refractivity contribution in [2.45, 2.75) is 53.7 Å². The zero-order valence-corrected chi connectivity index (χ0v) is 16.7. The Bertz CT molecular complexity index is 1080. The Morgan fingerprint density at radius 1 is 1.29 bits per heavy atom. The van der Waals surface area contributed by atoms with Crippen LogP contribution in [0.2, 0.25) is 0 Å². The van der Waals surface area contributed by atoms with Crippen LogP contribution in [0.4, 0.5) is 5.95 Å². The summed E-state index contributed by atoms with van der Waals surface area (Å²) in [5.74, 6) is 1.06. The molecule has 0 radical (unpaired) electrons. The van der Waals surface area contributed by atoms with Crippen LogP contribution in [-0.2, 0) is 11.3 Å². The predicted molar refractivity (Wildman–Crippen MR) is 106 cm³/mol. The monoisotopic (exact) mass is 384 g/mol. The van der Waals surface area contributed by atoms with Crippen LogP contribution < -0.4 is 15.7 Å². The summed E-state index contributed by atoms with van der Waals surface area (Å²) in [6.07, 6.45) is 0.142. The smallest absolute Gasteiger partial charge is 0.339 e. The summed E-state index contributed by atoms with van der Waals surface area (Å²) in [5, 5.41) is 7.77. The number of carbonyl (C=O) groups is 1. The first-order chi connectivity index (χ1) is 13.3. The minimum atomic E-state index is -0.783. The lowest BCUT2D eigenvalue weighted by Gasteiger charge is -2.14. The second-order valence-corrected chi connectivity index (χ2v) is 6.75. The molecule has 1 unspecified atom stereocenters. The van der Waals surface area contributed by atoms with Crippen molar-refractivity contribution < 1.29 is 13.9 Å². The quantitative estimate of drug-likeness (QED) is 0.656. The fourth-order valence-corrected chi connectivity index (χ4v) is 2.87. The summed E-state index contributed by atoms with van der Waals surface area (Å²) in [6, 6.07) is 5.18. The average Bonchev–Trinajstić information content (AvgIpc) is 2.99. The molecule has 148 valence electrons. The topological polar surface area (TPSA) is 99.2 Å². The van der Waals surface area contributed by atoms with E-state index in [1.165, 1.54) is 0 Å². The Morgan fingerprint density at radius 3 is 2.75 bits per heavy atom. The molecule has 3 aromatic rings. The van der Waals surface area contributed by atoms with E-state index in [0.29, 0.717) is 16.9 Å². The third kappa shape index (κ3) is 3.90. The first-order valence-electron chi connectivity index (χ1n) is 9.23. The molecule has 1 aromatic carbocycles. The van der Waals surface area contributed by atoms with Crippen molar-refractivity contribution in [1.82, 2.24) is 14.8 Å². The van der Waals surface area contributed by atoms with Gasteiger partial charge in [0, 0.05) is 23.6 Å². The molecule has 1 amide bonds. The molecule has 0 aliphatic carbocycles. The van der Waals surface area contributed by atoms with Crippen molar-refractivity contribution >= 4 is 22.8 Å². The minimum absolute atomic E-state index is 0.252. The first kappa shape index (κ1) is 19.6.